The maximum Gasteiger partial charge on any atom is 0.433 e. The topological polar surface area (TPSA) is 82.3 Å². The van der Waals surface area contributed by atoms with Crippen molar-refractivity contribution >= 4 is 17.6 Å². The molecule has 0 saturated heterocycles. The van der Waals surface area contributed by atoms with E-state index < -0.39 is 4.92 Å². The molecule has 0 bridgehead atoms. The Labute approximate surface area is 92.2 Å². The zero-order chi connectivity index (χ0) is 11.5. The number of furan rings is 1. The molecule has 0 fully saturated rings. The van der Waals surface area contributed by atoms with Gasteiger partial charge in [-0.05, 0) is 19.9 Å². The number of hydrogen-bond acceptors (Lipinski definition) is 5. The number of rotatable bonds is 5. The Bertz CT molecular complexity index is 343. The zero-order valence-corrected chi connectivity index (χ0v) is 9.54. The summed E-state index contributed by atoms with van der Waals surface area (Å²) in [4.78, 5) is 9.79. The van der Waals surface area contributed by atoms with Crippen LogP contribution in [0.15, 0.2) is 16.5 Å². The lowest BCUT2D eigenvalue weighted by molar-refractivity contribution is -0.402. The van der Waals surface area contributed by atoms with Crippen molar-refractivity contribution in [1.29, 1.82) is 0 Å². The molecule has 0 unspecified atom stereocenters. The van der Waals surface area contributed by atoms with Gasteiger partial charge >= 0.3 is 5.88 Å². The first-order chi connectivity index (χ1) is 6.88. The first-order valence-corrected chi connectivity index (χ1v) is 5.64. The average molecular weight is 230 g/mol. The zero-order valence-electron chi connectivity index (χ0n) is 8.73. The normalized spacial score (nSPS) is 11.7. The standard InChI is InChI=1S/C9H14N2O3S/c1-9(2,10)6-15-5-7-3-4-8(14-7)11(12)13/h3-4H,5-6,10H2,1-2H3. The van der Waals surface area contributed by atoms with Gasteiger partial charge in [-0.25, -0.2) is 0 Å². The molecule has 0 radical (unpaired) electrons. The van der Waals surface area contributed by atoms with Crippen LogP contribution in [0.25, 0.3) is 0 Å². The molecule has 0 saturated carbocycles. The molecule has 0 atom stereocenters. The highest BCUT2D eigenvalue weighted by Gasteiger charge is 2.14. The monoisotopic (exact) mass is 230 g/mol. The molecule has 1 rings (SSSR count). The van der Waals surface area contributed by atoms with Crippen molar-refractivity contribution in [3.8, 4) is 0 Å². The highest BCUT2D eigenvalue weighted by Crippen LogP contribution is 2.21. The van der Waals surface area contributed by atoms with E-state index in [4.69, 9.17) is 10.2 Å². The first-order valence-electron chi connectivity index (χ1n) is 4.48. The second-order valence-electron chi connectivity index (χ2n) is 3.98. The van der Waals surface area contributed by atoms with Crippen molar-refractivity contribution in [3.63, 3.8) is 0 Å². The van der Waals surface area contributed by atoms with Crippen LogP contribution < -0.4 is 5.73 Å². The van der Waals surface area contributed by atoms with E-state index in [1.165, 1.54) is 6.07 Å². The summed E-state index contributed by atoms with van der Waals surface area (Å²) < 4.78 is 5.00. The Morgan fingerprint density at radius 3 is 2.73 bits per heavy atom. The van der Waals surface area contributed by atoms with Crippen LogP contribution >= 0.6 is 11.8 Å². The number of nitrogens with two attached hydrogens (primary N) is 1. The summed E-state index contributed by atoms with van der Waals surface area (Å²) in [5, 5.41) is 10.3. The van der Waals surface area contributed by atoms with Crippen molar-refractivity contribution in [2.45, 2.75) is 25.1 Å². The van der Waals surface area contributed by atoms with E-state index in [-0.39, 0.29) is 11.4 Å². The number of nitro groups is 1. The van der Waals surface area contributed by atoms with Crippen molar-refractivity contribution in [2.75, 3.05) is 5.75 Å². The van der Waals surface area contributed by atoms with Gasteiger partial charge in [0.1, 0.15) is 10.7 Å². The van der Waals surface area contributed by atoms with Crippen molar-refractivity contribution in [3.05, 3.63) is 28.0 Å². The molecule has 1 aromatic heterocycles. The summed E-state index contributed by atoms with van der Waals surface area (Å²) in [5.41, 5.74) is 5.56. The van der Waals surface area contributed by atoms with E-state index in [2.05, 4.69) is 0 Å². The van der Waals surface area contributed by atoms with Gasteiger partial charge in [0.05, 0.1) is 11.8 Å². The van der Waals surface area contributed by atoms with Crippen LogP contribution in [0.4, 0.5) is 5.88 Å². The second kappa shape index (κ2) is 4.67. The molecular weight excluding hydrogens is 216 g/mol. The molecule has 6 heteroatoms. The van der Waals surface area contributed by atoms with Crippen LogP contribution in [0.3, 0.4) is 0 Å². The average Bonchev–Trinajstić information content (AvgIpc) is 2.50. The lowest BCUT2D eigenvalue weighted by Crippen LogP contribution is -2.34. The molecule has 0 aliphatic carbocycles. The van der Waals surface area contributed by atoms with Crippen LogP contribution in [0.5, 0.6) is 0 Å². The molecule has 1 aromatic rings. The number of hydrogen-bond donors (Lipinski definition) is 1. The Hall–Kier alpha value is -1.01. The van der Waals surface area contributed by atoms with E-state index in [0.717, 1.165) is 5.75 Å². The predicted octanol–water partition coefficient (Wildman–Crippen LogP) is 2.16. The molecule has 5 nitrogen and oxygen atoms in total. The molecule has 15 heavy (non-hydrogen) atoms. The largest absolute Gasteiger partial charge is 0.433 e. The summed E-state index contributed by atoms with van der Waals surface area (Å²) in [5.74, 6) is 1.78. The Balaban J connectivity index is 2.41. The predicted molar refractivity (Wildman–Crippen MR) is 59.8 cm³/mol. The summed E-state index contributed by atoms with van der Waals surface area (Å²) >= 11 is 1.60. The third-order valence-electron chi connectivity index (χ3n) is 1.55. The van der Waals surface area contributed by atoms with Gasteiger partial charge in [0.15, 0.2) is 0 Å². The molecule has 2 N–H and O–H groups in total. The summed E-state index contributed by atoms with van der Waals surface area (Å²) in [7, 11) is 0. The van der Waals surface area contributed by atoms with Crippen molar-refractivity contribution in [1.82, 2.24) is 0 Å². The Morgan fingerprint density at radius 1 is 1.60 bits per heavy atom. The number of nitrogens with zero attached hydrogens (tertiary/aromatic N) is 1. The molecule has 0 aromatic carbocycles. The second-order valence-corrected chi connectivity index (χ2v) is 4.96. The molecule has 0 amide bonds. The molecular formula is C9H14N2O3S. The van der Waals surface area contributed by atoms with Gasteiger partial charge < -0.3 is 10.2 Å². The third kappa shape index (κ3) is 4.35. The minimum atomic E-state index is -0.541. The lowest BCUT2D eigenvalue weighted by atomic mass is 10.1. The van der Waals surface area contributed by atoms with Gasteiger partial charge in [-0.2, -0.15) is 11.8 Å². The maximum atomic E-state index is 10.3. The molecule has 84 valence electrons. The summed E-state index contributed by atoms with van der Waals surface area (Å²) in [6.45, 7) is 3.87. The van der Waals surface area contributed by atoms with Gasteiger partial charge in [-0.3, -0.25) is 10.1 Å². The first kappa shape index (κ1) is 12.1. The van der Waals surface area contributed by atoms with Crippen LogP contribution in [-0.4, -0.2) is 16.2 Å². The molecule has 0 spiro atoms. The fraction of sp³-hybridized carbons (Fsp3) is 0.556. The Kier molecular flexibility index (Phi) is 3.76. The molecule has 0 aliphatic rings. The van der Waals surface area contributed by atoms with Gasteiger partial charge in [0.25, 0.3) is 0 Å². The lowest BCUT2D eigenvalue weighted by Gasteiger charge is -2.16. The smallest absolute Gasteiger partial charge is 0.405 e. The van der Waals surface area contributed by atoms with Gasteiger partial charge in [-0.1, -0.05) is 0 Å². The Morgan fingerprint density at radius 2 is 2.27 bits per heavy atom. The van der Waals surface area contributed by atoms with Crippen LogP contribution in [-0.2, 0) is 5.75 Å². The van der Waals surface area contributed by atoms with Gasteiger partial charge in [-0.15, -0.1) is 0 Å². The van der Waals surface area contributed by atoms with Crippen LogP contribution in [0, 0.1) is 10.1 Å². The van der Waals surface area contributed by atoms with E-state index in [1.807, 2.05) is 13.8 Å². The fourth-order valence-electron chi connectivity index (χ4n) is 0.957. The van der Waals surface area contributed by atoms with E-state index >= 15 is 0 Å². The number of thioether (sulfide) groups is 1. The van der Waals surface area contributed by atoms with Crippen molar-refractivity contribution < 1.29 is 9.34 Å². The van der Waals surface area contributed by atoms with E-state index in [1.54, 1.807) is 17.8 Å². The molecule has 1 heterocycles. The highest BCUT2D eigenvalue weighted by atomic mass is 32.2. The quantitative estimate of drug-likeness (QED) is 0.619. The maximum absolute atomic E-state index is 10.3. The minimum Gasteiger partial charge on any atom is -0.405 e. The van der Waals surface area contributed by atoms with Crippen molar-refractivity contribution in [2.24, 2.45) is 5.73 Å². The van der Waals surface area contributed by atoms with Crippen LogP contribution in [0.1, 0.15) is 19.6 Å². The SMILES string of the molecule is CC(C)(N)CSCc1ccc([N+](=O)[O-])o1. The molecule has 0 aliphatic heterocycles. The third-order valence-corrected chi connectivity index (χ3v) is 2.98. The van der Waals surface area contributed by atoms with Crippen LogP contribution in [0.2, 0.25) is 0 Å². The summed E-state index contributed by atoms with van der Waals surface area (Å²) in [6.07, 6.45) is 0. The summed E-state index contributed by atoms with van der Waals surface area (Å²) in [6, 6.07) is 2.98. The van der Waals surface area contributed by atoms with E-state index in [9.17, 15) is 10.1 Å². The van der Waals surface area contributed by atoms with Gasteiger partial charge in [0.2, 0.25) is 0 Å². The fourth-order valence-corrected chi connectivity index (χ4v) is 1.94. The van der Waals surface area contributed by atoms with E-state index in [0.29, 0.717) is 11.5 Å². The van der Waals surface area contributed by atoms with Gasteiger partial charge in [0, 0.05) is 11.3 Å². The minimum absolute atomic E-state index is 0.211. The highest BCUT2D eigenvalue weighted by molar-refractivity contribution is 7.98.